The summed E-state index contributed by atoms with van der Waals surface area (Å²) in [6.45, 7) is 1.48. The van der Waals surface area contributed by atoms with Crippen molar-refractivity contribution in [1.82, 2.24) is 5.32 Å². The van der Waals surface area contributed by atoms with Gasteiger partial charge in [-0.05, 0) is 49.5 Å². The molecule has 0 aliphatic heterocycles. The summed E-state index contributed by atoms with van der Waals surface area (Å²) in [6.07, 6.45) is -0.0714. The molecule has 1 aromatic carbocycles. The number of ether oxygens (including phenoxy) is 1. The molecule has 7 heteroatoms. The van der Waals surface area contributed by atoms with Crippen LogP contribution in [0.15, 0.2) is 30.3 Å². The number of esters is 1. The average Bonchev–Trinajstić information content (AvgIpc) is 3.35. The number of rotatable bonds is 6. The smallest absolute Gasteiger partial charge is 0.416 e. The molecule has 1 aliphatic carbocycles. The zero-order valence-electron chi connectivity index (χ0n) is 13.1. The fourth-order valence-corrected chi connectivity index (χ4v) is 2.18. The summed E-state index contributed by atoms with van der Waals surface area (Å²) in [4.78, 5) is 23.1. The number of nitrogens with one attached hydrogen (secondary N) is 1. The molecule has 1 saturated carbocycles. The molecule has 1 aliphatic rings. The van der Waals surface area contributed by atoms with Gasteiger partial charge in [-0.1, -0.05) is 12.1 Å². The van der Waals surface area contributed by atoms with E-state index in [1.54, 1.807) is 0 Å². The number of hydrogen-bond donors (Lipinski definition) is 1. The maximum absolute atomic E-state index is 12.6. The maximum atomic E-state index is 12.6. The van der Waals surface area contributed by atoms with Crippen molar-refractivity contribution >= 4 is 18.0 Å². The molecule has 2 rings (SSSR count). The van der Waals surface area contributed by atoms with Gasteiger partial charge in [-0.25, -0.2) is 4.79 Å². The van der Waals surface area contributed by atoms with E-state index in [0.717, 1.165) is 31.1 Å². The Morgan fingerprint density at radius 2 is 2.08 bits per heavy atom. The Morgan fingerprint density at radius 1 is 1.38 bits per heavy atom. The monoisotopic (exact) mass is 341 g/mol. The lowest BCUT2D eigenvalue weighted by Crippen LogP contribution is -2.36. The summed E-state index contributed by atoms with van der Waals surface area (Å²) in [7, 11) is 0. The van der Waals surface area contributed by atoms with Gasteiger partial charge in [-0.15, -0.1) is 0 Å². The number of carbonyl (C=O) groups excluding carboxylic acids is 2. The van der Waals surface area contributed by atoms with Crippen molar-refractivity contribution in [1.29, 1.82) is 0 Å². The molecule has 0 spiro atoms. The molecular formula is C17H18F3NO3. The van der Waals surface area contributed by atoms with Gasteiger partial charge in [0.2, 0.25) is 0 Å². The largest absolute Gasteiger partial charge is 0.452 e. The molecule has 4 nitrogen and oxygen atoms in total. The molecule has 0 radical (unpaired) electrons. The Hall–Kier alpha value is -2.31. The van der Waals surface area contributed by atoms with Crippen molar-refractivity contribution < 1.29 is 27.5 Å². The van der Waals surface area contributed by atoms with Crippen LogP contribution in [-0.2, 0) is 20.5 Å². The predicted octanol–water partition coefficient (Wildman–Crippen LogP) is 3.18. The molecule has 24 heavy (non-hydrogen) atoms. The highest BCUT2D eigenvalue weighted by Crippen LogP contribution is 2.32. The maximum Gasteiger partial charge on any atom is 0.416 e. The minimum atomic E-state index is -4.44. The lowest BCUT2D eigenvalue weighted by Gasteiger charge is -2.12. The van der Waals surface area contributed by atoms with Gasteiger partial charge in [0.25, 0.3) is 5.91 Å². The van der Waals surface area contributed by atoms with E-state index in [4.69, 9.17) is 4.74 Å². The Morgan fingerprint density at radius 3 is 2.71 bits per heavy atom. The first-order chi connectivity index (χ1) is 11.3. The van der Waals surface area contributed by atoms with Gasteiger partial charge < -0.3 is 10.1 Å². The van der Waals surface area contributed by atoms with Gasteiger partial charge in [0, 0.05) is 12.1 Å². The second-order valence-corrected chi connectivity index (χ2v) is 5.76. The molecule has 0 heterocycles. The van der Waals surface area contributed by atoms with Crippen LogP contribution in [0.25, 0.3) is 6.08 Å². The van der Waals surface area contributed by atoms with Gasteiger partial charge in [-0.2, -0.15) is 13.2 Å². The second-order valence-electron chi connectivity index (χ2n) is 5.76. The first-order valence-electron chi connectivity index (χ1n) is 7.57. The predicted molar refractivity (Wildman–Crippen MR) is 81.8 cm³/mol. The molecule has 130 valence electrons. The van der Waals surface area contributed by atoms with Crippen LogP contribution in [0.2, 0.25) is 0 Å². The van der Waals surface area contributed by atoms with E-state index < -0.39 is 30.2 Å². The fourth-order valence-electron chi connectivity index (χ4n) is 2.18. The normalized spacial score (nSPS) is 16.0. The highest BCUT2D eigenvalue weighted by atomic mass is 19.4. The molecule has 1 aromatic rings. The second kappa shape index (κ2) is 7.51. The summed E-state index contributed by atoms with van der Waals surface area (Å²) in [5.41, 5.74) is -0.583. The van der Waals surface area contributed by atoms with E-state index in [1.165, 1.54) is 18.2 Å². The van der Waals surface area contributed by atoms with E-state index in [-0.39, 0.29) is 11.6 Å². The molecule has 0 unspecified atom stereocenters. The number of hydrogen-bond acceptors (Lipinski definition) is 3. The van der Waals surface area contributed by atoms with Crippen molar-refractivity contribution in [2.75, 3.05) is 6.61 Å². The lowest BCUT2D eigenvalue weighted by atomic mass is 10.1. The minimum absolute atomic E-state index is 0.0526. The average molecular weight is 341 g/mol. The molecule has 0 saturated heterocycles. The van der Waals surface area contributed by atoms with Crippen molar-refractivity contribution in [3.8, 4) is 0 Å². The van der Waals surface area contributed by atoms with Crippen LogP contribution in [-0.4, -0.2) is 24.5 Å². The molecule has 0 aromatic heterocycles. The Bertz CT molecular complexity index is 636. The Labute approximate surface area is 137 Å². The molecule has 1 amide bonds. The number of amides is 1. The van der Waals surface area contributed by atoms with E-state index >= 15 is 0 Å². The zero-order chi connectivity index (χ0) is 17.7. The summed E-state index contributed by atoms with van der Waals surface area (Å²) in [5.74, 6) is -0.692. The Kier molecular flexibility index (Phi) is 5.64. The number of halogens is 3. The van der Waals surface area contributed by atoms with Crippen LogP contribution < -0.4 is 5.32 Å². The first kappa shape index (κ1) is 18.0. The molecule has 0 bridgehead atoms. The van der Waals surface area contributed by atoms with Gasteiger partial charge in [0.1, 0.15) is 0 Å². The molecule has 1 atom stereocenters. The van der Waals surface area contributed by atoms with Crippen molar-refractivity contribution in [2.24, 2.45) is 5.92 Å². The minimum Gasteiger partial charge on any atom is -0.452 e. The van der Waals surface area contributed by atoms with Crippen molar-refractivity contribution in [3.05, 3.63) is 41.5 Å². The third-order valence-electron chi connectivity index (χ3n) is 3.69. The third-order valence-corrected chi connectivity index (χ3v) is 3.69. The van der Waals surface area contributed by atoms with Crippen LogP contribution in [0.5, 0.6) is 0 Å². The zero-order valence-corrected chi connectivity index (χ0v) is 13.1. The SMILES string of the molecule is C[C@H](NC(=O)COC(=O)/C=C/c1cccc(C(F)(F)F)c1)C1CC1. The number of alkyl halides is 3. The van der Waals surface area contributed by atoms with Crippen LogP contribution in [0.3, 0.4) is 0 Å². The highest BCUT2D eigenvalue weighted by molar-refractivity contribution is 5.89. The number of carbonyl (C=O) groups is 2. The van der Waals surface area contributed by atoms with Crippen LogP contribution in [0.1, 0.15) is 30.9 Å². The molecule has 1 N–H and O–H groups in total. The van der Waals surface area contributed by atoms with Gasteiger partial charge in [0.15, 0.2) is 6.61 Å². The van der Waals surface area contributed by atoms with Gasteiger partial charge in [0.05, 0.1) is 5.56 Å². The van der Waals surface area contributed by atoms with Crippen LogP contribution >= 0.6 is 0 Å². The third kappa shape index (κ3) is 5.72. The van der Waals surface area contributed by atoms with E-state index in [0.29, 0.717) is 5.92 Å². The lowest BCUT2D eigenvalue weighted by molar-refractivity contribution is -0.144. The van der Waals surface area contributed by atoms with Crippen LogP contribution in [0, 0.1) is 5.92 Å². The van der Waals surface area contributed by atoms with Gasteiger partial charge in [-0.3, -0.25) is 4.79 Å². The van der Waals surface area contributed by atoms with E-state index in [1.807, 2.05) is 6.92 Å². The topological polar surface area (TPSA) is 55.4 Å². The van der Waals surface area contributed by atoms with Gasteiger partial charge >= 0.3 is 12.1 Å². The Balaban J connectivity index is 1.81. The summed E-state index contributed by atoms with van der Waals surface area (Å²) in [5, 5.41) is 2.73. The summed E-state index contributed by atoms with van der Waals surface area (Å²) < 4.78 is 42.5. The summed E-state index contributed by atoms with van der Waals surface area (Å²) in [6, 6.07) is 4.61. The van der Waals surface area contributed by atoms with Crippen molar-refractivity contribution in [3.63, 3.8) is 0 Å². The standard InChI is InChI=1S/C17H18F3NO3/c1-11(13-6-7-13)21-15(22)10-24-16(23)8-5-12-3-2-4-14(9-12)17(18,19)20/h2-5,8-9,11,13H,6-7,10H2,1H3,(H,21,22)/b8-5+/t11-/m0/s1. The first-order valence-corrected chi connectivity index (χ1v) is 7.57. The molecule has 1 fully saturated rings. The highest BCUT2D eigenvalue weighted by Gasteiger charge is 2.30. The quantitative estimate of drug-likeness (QED) is 0.639. The number of benzene rings is 1. The van der Waals surface area contributed by atoms with E-state index in [2.05, 4.69) is 5.32 Å². The molecular weight excluding hydrogens is 323 g/mol. The van der Waals surface area contributed by atoms with Crippen molar-refractivity contribution in [2.45, 2.75) is 32.0 Å². The van der Waals surface area contributed by atoms with E-state index in [9.17, 15) is 22.8 Å². The van der Waals surface area contributed by atoms with Crippen LogP contribution in [0.4, 0.5) is 13.2 Å². The summed E-state index contributed by atoms with van der Waals surface area (Å²) >= 11 is 0. The fraction of sp³-hybridized carbons (Fsp3) is 0.412.